The molecule has 0 aromatic heterocycles. The molecule has 90 valence electrons. The van der Waals surface area contributed by atoms with Crippen molar-refractivity contribution in [3.05, 3.63) is 34.9 Å². The van der Waals surface area contributed by atoms with E-state index in [0.29, 0.717) is 0 Å². The summed E-state index contributed by atoms with van der Waals surface area (Å²) in [4.78, 5) is 0. The summed E-state index contributed by atoms with van der Waals surface area (Å²) in [5.41, 5.74) is 8.99. The summed E-state index contributed by atoms with van der Waals surface area (Å²) >= 11 is 0. The highest BCUT2D eigenvalue weighted by Crippen LogP contribution is 2.15. The van der Waals surface area contributed by atoms with Crippen LogP contribution in [0.4, 0.5) is 8.78 Å². The molecule has 2 N–H and O–H groups in total. The monoisotopic (exact) mass is 229 g/mol. The van der Waals surface area contributed by atoms with Crippen LogP contribution in [0.1, 0.15) is 22.7 Å². The number of alkyl halides is 2. The zero-order valence-electron chi connectivity index (χ0n) is 9.54. The van der Waals surface area contributed by atoms with Crippen molar-refractivity contribution in [2.75, 3.05) is 13.2 Å². The van der Waals surface area contributed by atoms with E-state index >= 15 is 0 Å². The Kier molecular flexibility index (Phi) is 4.83. The van der Waals surface area contributed by atoms with Gasteiger partial charge in [-0.2, -0.15) is 0 Å². The highest BCUT2D eigenvalue weighted by Gasteiger charge is 2.09. The summed E-state index contributed by atoms with van der Waals surface area (Å²) in [5.74, 6) is 0. The van der Waals surface area contributed by atoms with Crippen molar-refractivity contribution in [1.29, 1.82) is 0 Å². The van der Waals surface area contributed by atoms with Crippen LogP contribution in [0.25, 0.3) is 0 Å². The smallest absolute Gasteiger partial charge is 0.261 e. The lowest BCUT2D eigenvalue weighted by Gasteiger charge is -2.14. The summed E-state index contributed by atoms with van der Waals surface area (Å²) in [7, 11) is 0. The predicted octanol–water partition coefficient (Wildman–Crippen LogP) is 2.58. The molecule has 0 aliphatic carbocycles. The molecular weight excluding hydrogens is 212 g/mol. The fraction of sp³-hybridized carbons (Fsp3) is 0.500. The van der Waals surface area contributed by atoms with Crippen molar-refractivity contribution in [3.8, 4) is 0 Å². The molecule has 1 aromatic carbocycles. The molecule has 1 atom stereocenters. The van der Waals surface area contributed by atoms with Crippen molar-refractivity contribution in [2.24, 2.45) is 5.73 Å². The molecule has 16 heavy (non-hydrogen) atoms. The summed E-state index contributed by atoms with van der Waals surface area (Å²) < 4.78 is 28.5. The van der Waals surface area contributed by atoms with E-state index in [2.05, 4.69) is 0 Å². The van der Waals surface area contributed by atoms with Crippen LogP contribution in [0.5, 0.6) is 0 Å². The van der Waals surface area contributed by atoms with Gasteiger partial charge in [0.05, 0.1) is 12.6 Å². The molecule has 1 unspecified atom stereocenters. The summed E-state index contributed by atoms with van der Waals surface area (Å²) in [6.45, 7) is 3.51. The first-order chi connectivity index (χ1) is 7.49. The van der Waals surface area contributed by atoms with Crippen molar-refractivity contribution in [3.63, 3.8) is 0 Å². The fourth-order valence-corrected chi connectivity index (χ4v) is 1.60. The molecule has 2 nitrogen and oxygen atoms in total. The zero-order valence-corrected chi connectivity index (χ0v) is 9.54. The first-order valence-corrected chi connectivity index (χ1v) is 5.18. The second kappa shape index (κ2) is 5.92. The van der Waals surface area contributed by atoms with Crippen molar-refractivity contribution in [2.45, 2.75) is 26.3 Å². The summed E-state index contributed by atoms with van der Waals surface area (Å²) in [6, 6.07) is 5.58. The lowest BCUT2D eigenvalue weighted by Crippen LogP contribution is -2.19. The highest BCUT2D eigenvalue weighted by molar-refractivity contribution is 5.30. The van der Waals surface area contributed by atoms with Gasteiger partial charge in [0, 0.05) is 0 Å². The Labute approximate surface area is 94.4 Å². The Hall–Kier alpha value is -1.00. The quantitative estimate of drug-likeness (QED) is 0.842. The van der Waals surface area contributed by atoms with Gasteiger partial charge in [-0.3, -0.25) is 0 Å². The largest absolute Gasteiger partial charge is 0.374 e. The Bertz CT molecular complexity index is 322. The second-order valence-electron chi connectivity index (χ2n) is 3.96. The minimum atomic E-state index is -2.44. The van der Waals surface area contributed by atoms with E-state index in [1.165, 1.54) is 0 Å². The van der Waals surface area contributed by atoms with Crippen LogP contribution >= 0.6 is 0 Å². The minimum Gasteiger partial charge on any atom is -0.374 e. The molecule has 0 saturated carbocycles. The summed E-state index contributed by atoms with van der Waals surface area (Å²) in [5, 5.41) is 0. The van der Waals surface area contributed by atoms with Crippen LogP contribution < -0.4 is 5.73 Å². The first kappa shape index (κ1) is 13.1. The van der Waals surface area contributed by atoms with E-state index in [9.17, 15) is 8.78 Å². The molecule has 0 heterocycles. The molecule has 0 saturated heterocycles. The van der Waals surface area contributed by atoms with E-state index in [0.717, 1.165) is 16.7 Å². The van der Waals surface area contributed by atoms with Crippen LogP contribution in [0.15, 0.2) is 18.2 Å². The number of halogens is 2. The van der Waals surface area contributed by atoms with Crippen molar-refractivity contribution >= 4 is 0 Å². The van der Waals surface area contributed by atoms with E-state index in [1.807, 2.05) is 32.0 Å². The lowest BCUT2D eigenvalue weighted by atomic mass is 10.0. The third kappa shape index (κ3) is 4.24. The molecule has 0 bridgehead atoms. The third-order valence-electron chi connectivity index (χ3n) is 2.21. The molecule has 0 amide bonds. The van der Waals surface area contributed by atoms with Crippen molar-refractivity contribution in [1.82, 2.24) is 0 Å². The number of ether oxygens (including phenoxy) is 1. The Morgan fingerprint density at radius 1 is 1.12 bits per heavy atom. The number of hydrogen-bond acceptors (Lipinski definition) is 2. The molecule has 4 heteroatoms. The molecule has 0 aliphatic rings. The number of benzene rings is 1. The SMILES string of the molecule is Cc1cc(C)cc(C(N)COCC(F)F)c1. The van der Waals surface area contributed by atoms with Crippen LogP contribution in [0.3, 0.4) is 0 Å². The van der Waals surface area contributed by atoms with Gasteiger partial charge >= 0.3 is 0 Å². The molecule has 0 spiro atoms. The summed E-state index contributed by atoms with van der Waals surface area (Å²) in [6.07, 6.45) is -2.44. The van der Waals surface area contributed by atoms with Gasteiger partial charge in [0.2, 0.25) is 0 Å². The maximum atomic E-state index is 11.9. The van der Waals surface area contributed by atoms with Crippen molar-refractivity contribution < 1.29 is 13.5 Å². The standard InChI is InChI=1S/C12H17F2NO/c1-8-3-9(2)5-10(4-8)11(15)6-16-7-12(13)14/h3-5,11-12H,6-7,15H2,1-2H3. The van der Waals surface area contributed by atoms with Gasteiger partial charge in [0.15, 0.2) is 0 Å². The zero-order chi connectivity index (χ0) is 12.1. The molecule has 1 aromatic rings. The molecule has 0 radical (unpaired) electrons. The van der Waals surface area contributed by atoms with E-state index < -0.39 is 13.0 Å². The van der Waals surface area contributed by atoms with Crippen LogP contribution in [0, 0.1) is 13.8 Å². The average Bonchev–Trinajstić information content (AvgIpc) is 2.15. The van der Waals surface area contributed by atoms with E-state index in [-0.39, 0.29) is 12.6 Å². The van der Waals surface area contributed by atoms with Crippen LogP contribution in [-0.4, -0.2) is 19.6 Å². The van der Waals surface area contributed by atoms with Gasteiger partial charge in [0.25, 0.3) is 6.43 Å². The number of rotatable bonds is 5. The maximum absolute atomic E-state index is 11.9. The van der Waals surface area contributed by atoms with Gasteiger partial charge in [0.1, 0.15) is 6.61 Å². The minimum absolute atomic E-state index is 0.118. The van der Waals surface area contributed by atoms with Crippen LogP contribution in [0.2, 0.25) is 0 Å². The Morgan fingerprint density at radius 3 is 2.19 bits per heavy atom. The van der Waals surface area contributed by atoms with Gasteiger partial charge in [-0.1, -0.05) is 29.3 Å². The molecule has 0 aliphatic heterocycles. The van der Waals surface area contributed by atoms with E-state index in [1.54, 1.807) is 0 Å². The third-order valence-corrected chi connectivity index (χ3v) is 2.21. The van der Waals surface area contributed by atoms with Gasteiger partial charge in [-0.25, -0.2) is 8.78 Å². The van der Waals surface area contributed by atoms with Gasteiger partial charge in [-0.15, -0.1) is 0 Å². The molecule has 1 rings (SSSR count). The average molecular weight is 229 g/mol. The van der Waals surface area contributed by atoms with Crippen LogP contribution in [-0.2, 0) is 4.74 Å². The Morgan fingerprint density at radius 2 is 1.69 bits per heavy atom. The normalized spacial score (nSPS) is 13.1. The second-order valence-corrected chi connectivity index (χ2v) is 3.96. The first-order valence-electron chi connectivity index (χ1n) is 5.18. The van der Waals surface area contributed by atoms with E-state index in [4.69, 9.17) is 10.5 Å². The lowest BCUT2D eigenvalue weighted by molar-refractivity contribution is 0.0125. The molecular formula is C12H17F2NO. The van der Waals surface area contributed by atoms with Gasteiger partial charge in [-0.05, 0) is 19.4 Å². The maximum Gasteiger partial charge on any atom is 0.261 e. The topological polar surface area (TPSA) is 35.2 Å². The highest BCUT2D eigenvalue weighted by atomic mass is 19.3. The predicted molar refractivity (Wildman–Crippen MR) is 59.7 cm³/mol. The Balaban J connectivity index is 2.55. The number of aryl methyl sites for hydroxylation is 2. The van der Waals surface area contributed by atoms with Gasteiger partial charge < -0.3 is 10.5 Å². The fourth-order valence-electron chi connectivity index (χ4n) is 1.60. The number of nitrogens with two attached hydrogens (primary N) is 1. The number of hydrogen-bond donors (Lipinski definition) is 1. The molecule has 0 fully saturated rings.